The van der Waals surface area contributed by atoms with Crippen molar-refractivity contribution in [3.8, 4) is 0 Å². The predicted octanol–water partition coefficient (Wildman–Crippen LogP) is 1.26. The molecular weight excluding hydrogens is 307 g/mol. The standard InChI is InChI=1S/C15H17FN2O3S/c16-12-3-1-2-11(8-12)15-18(14(20)10-22-15)9-13(19)17-4-6-21-7-5-17/h1-3,8,15H,4-7,9-10H2/t15-/m0/s1. The highest BCUT2D eigenvalue weighted by Gasteiger charge is 2.35. The van der Waals surface area contributed by atoms with Crippen molar-refractivity contribution in [2.75, 3.05) is 38.6 Å². The van der Waals surface area contributed by atoms with E-state index in [0.29, 0.717) is 37.6 Å². The lowest BCUT2D eigenvalue weighted by Gasteiger charge is -2.30. The zero-order valence-electron chi connectivity index (χ0n) is 12.0. The molecule has 1 aromatic carbocycles. The molecule has 5 nitrogen and oxygen atoms in total. The van der Waals surface area contributed by atoms with Crippen LogP contribution < -0.4 is 0 Å². The van der Waals surface area contributed by atoms with Gasteiger partial charge in [-0.1, -0.05) is 12.1 Å². The number of carbonyl (C=O) groups is 2. The van der Waals surface area contributed by atoms with E-state index in [4.69, 9.17) is 4.74 Å². The maximum Gasteiger partial charge on any atom is 0.242 e. The van der Waals surface area contributed by atoms with Gasteiger partial charge in [0.2, 0.25) is 11.8 Å². The minimum absolute atomic E-state index is 0.0347. The summed E-state index contributed by atoms with van der Waals surface area (Å²) in [7, 11) is 0. The van der Waals surface area contributed by atoms with E-state index in [2.05, 4.69) is 0 Å². The van der Waals surface area contributed by atoms with Crippen molar-refractivity contribution in [1.82, 2.24) is 9.80 Å². The van der Waals surface area contributed by atoms with Crippen molar-refractivity contribution in [3.63, 3.8) is 0 Å². The Morgan fingerprint density at radius 1 is 1.36 bits per heavy atom. The average Bonchev–Trinajstić information content (AvgIpc) is 2.89. The van der Waals surface area contributed by atoms with Gasteiger partial charge in [-0.15, -0.1) is 11.8 Å². The number of nitrogens with zero attached hydrogens (tertiary/aromatic N) is 2. The van der Waals surface area contributed by atoms with E-state index in [1.165, 1.54) is 28.8 Å². The van der Waals surface area contributed by atoms with E-state index < -0.39 is 0 Å². The number of amides is 2. The van der Waals surface area contributed by atoms with Gasteiger partial charge >= 0.3 is 0 Å². The van der Waals surface area contributed by atoms with Crippen LogP contribution in [0.15, 0.2) is 24.3 Å². The van der Waals surface area contributed by atoms with E-state index in [1.54, 1.807) is 17.0 Å². The molecule has 2 aliphatic rings. The third kappa shape index (κ3) is 3.25. The number of morpholine rings is 1. The van der Waals surface area contributed by atoms with Crippen molar-refractivity contribution in [1.29, 1.82) is 0 Å². The molecule has 2 heterocycles. The number of thioether (sulfide) groups is 1. The first kappa shape index (κ1) is 15.3. The molecule has 2 saturated heterocycles. The van der Waals surface area contributed by atoms with Gasteiger partial charge in [-0.05, 0) is 17.7 Å². The van der Waals surface area contributed by atoms with Gasteiger partial charge in [0, 0.05) is 13.1 Å². The first-order valence-electron chi connectivity index (χ1n) is 7.17. The monoisotopic (exact) mass is 324 g/mol. The van der Waals surface area contributed by atoms with Crippen LogP contribution in [-0.2, 0) is 14.3 Å². The van der Waals surface area contributed by atoms with Crippen molar-refractivity contribution in [2.45, 2.75) is 5.37 Å². The normalized spacial score (nSPS) is 22.2. The Labute approximate surface area is 132 Å². The molecule has 0 unspecified atom stereocenters. The van der Waals surface area contributed by atoms with Gasteiger partial charge in [0.05, 0.1) is 19.0 Å². The molecule has 118 valence electrons. The molecule has 2 amide bonds. The van der Waals surface area contributed by atoms with Gasteiger partial charge in [-0.2, -0.15) is 0 Å². The molecule has 22 heavy (non-hydrogen) atoms. The molecule has 1 aromatic rings. The predicted molar refractivity (Wildman–Crippen MR) is 80.7 cm³/mol. The van der Waals surface area contributed by atoms with Crippen LogP contribution in [0.4, 0.5) is 4.39 Å². The summed E-state index contributed by atoms with van der Waals surface area (Å²) in [6.07, 6.45) is 0. The fourth-order valence-electron chi connectivity index (χ4n) is 2.62. The third-order valence-corrected chi connectivity index (χ3v) is 5.03. The number of hydrogen-bond donors (Lipinski definition) is 0. The second kappa shape index (κ2) is 6.66. The summed E-state index contributed by atoms with van der Waals surface area (Å²) >= 11 is 1.42. The fourth-order valence-corrected chi connectivity index (χ4v) is 3.80. The lowest BCUT2D eigenvalue weighted by Crippen LogP contribution is -2.46. The first-order chi connectivity index (χ1) is 10.6. The molecule has 1 atom stereocenters. The van der Waals surface area contributed by atoms with Gasteiger partial charge in [0.1, 0.15) is 17.7 Å². The molecule has 2 aliphatic heterocycles. The average molecular weight is 324 g/mol. The van der Waals surface area contributed by atoms with Crippen LogP contribution in [0.3, 0.4) is 0 Å². The Morgan fingerprint density at radius 3 is 2.86 bits per heavy atom. The van der Waals surface area contributed by atoms with E-state index in [-0.39, 0.29) is 29.6 Å². The quantitative estimate of drug-likeness (QED) is 0.840. The summed E-state index contributed by atoms with van der Waals surface area (Å²) in [5.74, 6) is -0.185. The highest BCUT2D eigenvalue weighted by molar-refractivity contribution is 8.00. The van der Waals surface area contributed by atoms with E-state index in [0.717, 1.165) is 0 Å². The van der Waals surface area contributed by atoms with E-state index in [9.17, 15) is 14.0 Å². The molecule has 0 bridgehead atoms. The second-order valence-corrected chi connectivity index (χ2v) is 6.30. The molecular formula is C15H17FN2O3S. The van der Waals surface area contributed by atoms with Crippen LogP contribution in [0.1, 0.15) is 10.9 Å². The molecule has 3 rings (SSSR count). The van der Waals surface area contributed by atoms with Crippen molar-refractivity contribution < 1.29 is 18.7 Å². The zero-order valence-corrected chi connectivity index (χ0v) is 12.9. The van der Waals surface area contributed by atoms with Crippen LogP contribution in [0.25, 0.3) is 0 Å². The van der Waals surface area contributed by atoms with E-state index in [1.807, 2.05) is 0 Å². The third-order valence-electron chi connectivity index (χ3n) is 3.77. The minimum Gasteiger partial charge on any atom is -0.378 e. The van der Waals surface area contributed by atoms with Gasteiger partial charge < -0.3 is 14.5 Å². The Balaban J connectivity index is 1.72. The number of carbonyl (C=O) groups excluding carboxylic acids is 2. The van der Waals surface area contributed by atoms with Crippen molar-refractivity contribution in [2.24, 2.45) is 0 Å². The highest BCUT2D eigenvalue weighted by atomic mass is 32.2. The molecule has 2 fully saturated rings. The molecule has 0 saturated carbocycles. The second-order valence-electron chi connectivity index (χ2n) is 5.23. The summed E-state index contributed by atoms with van der Waals surface area (Å²) < 4.78 is 18.6. The van der Waals surface area contributed by atoms with Crippen LogP contribution in [0.2, 0.25) is 0 Å². The Morgan fingerprint density at radius 2 is 2.14 bits per heavy atom. The topological polar surface area (TPSA) is 49.9 Å². The largest absolute Gasteiger partial charge is 0.378 e. The Kier molecular flexibility index (Phi) is 4.63. The first-order valence-corrected chi connectivity index (χ1v) is 8.22. The number of halogens is 1. The van der Waals surface area contributed by atoms with Gasteiger partial charge in [0.15, 0.2) is 0 Å². The molecule has 0 aromatic heterocycles. The fraction of sp³-hybridized carbons (Fsp3) is 0.467. The van der Waals surface area contributed by atoms with Crippen LogP contribution >= 0.6 is 11.8 Å². The van der Waals surface area contributed by atoms with Gasteiger partial charge in [-0.25, -0.2) is 4.39 Å². The Bertz CT molecular complexity index is 578. The number of ether oxygens (including phenoxy) is 1. The summed E-state index contributed by atoms with van der Waals surface area (Å²) in [5.41, 5.74) is 0.714. The molecule has 0 aliphatic carbocycles. The smallest absolute Gasteiger partial charge is 0.242 e. The molecule has 0 spiro atoms. The van der Waals surface area contributed by atoms with Crippen molar-refractivity contribution >= 4 is 23.6 Å². The SMILES string of the molecule is O=C(CN1C(=O)CS[C@H]1c1cccc(F)c1)N1CCOCC1. The minimum atomic E-state index is -0.336. The molecule has 0 radical (unpaired) electrons. The van der Waals surface area contributed by atoms with Crippen LogP contribution in [0.5, 0.6) is 0 Å². The Hall–Kier alpha value is -1.60. The summed E-state index contributed by atoms with van der Waals surface area (Å²) in [6, 6.07) is 6.19. The van der Waals surface area contributed by atoms with Crippen LogP contribution in [-0.4, -0.2) is 60.2 Å². The number of benzene rings is 1. The van der Waals surface area contributed by atoms with Crippen molar-refractivity contribution in [3.05, 3.63) is 35.6 Å². The van der Waals surface area contributed by atoms with Gasteiger partial charge in [-0.3, -0.25) is 9.59 Å². The summed E-state index contributed by atoms with van der Waals surface area (Å²) in [5, 5.41) is -0.298. The molecule has 0 N–H and O–H groups in total. The summed E-state index contributed by atoms with van der Waals surface area (Å²) in [4.78, 5) is 27.7. The maximum atomic E-state index is 13.4. The number of rotatable bonds is 3. The zero-order chi connectivity index (χ0) is 15.5. The van der Waals surface area contributed by atoms with E-state index >= 15 is 0 Å². The maximum absolute atomic E-state index is 13.4. The van der Waals surface area contributed by atoms with Gasteiger partial charge in [0.25, 0.3) is 0 Å². The molecule has 7 heteroatoms. The highest BCUT2D eigenvalue weighted by Crippen LogP contribution is 2.38. The number of hydrogen-bond acceptors (Lipinski definition) is 4. The van der Waals surface area contributed by atoms with Crippen LogP contribution in [0, 0.1) is 5.82 Å². The summed E-state index contributed by atoms with van der Waals surface area (Å²) in [6.45, 7) is 2.20. The lowest BCUT2D eigenvalue weighted by atomic mass is 10.2. The lowest BCUT2D eigenvalue weighted by molar-refractivity contribution is -0.141.